The zero-order chi connectivity index (χ0) is 15.4. The number of rotatable bonds is 5. The molecule has 0 radical (unpaired) electrons. The average molecular weight is 286 g/mol. The van der Waals surface area contributed by atoms with Gasteiger partial charge in [0, 0.05) is 5.69 Å². The van der Waals surface area contributed by atoms with Crippen LogP contribution >= 0.6 is 0 Å². The molecule has 110 valence electrons. The summed E-state index contributed by atoms with van der Waals surface area (Å²) in [7, 11) is 0. The van der Waals surface area contributed by atoms with Gasteiger partial charge >= 0.3 is 5.97 Å². The summed E-state index contributed by atoms with van der Waals surface area (Å²) in [5.74, 6) is -1.50. The van der Waals surface area contributed by atoms with Gasteiger partial charge in [0.2, 0.25) is 0 Å². The second-order valence-electron chi connectivity index (χ2n) is 4.94. The Morgan fingerprint density at radius 3 is 2.43 bits per heavy atom. The van der Waals surface area contributed by atoms with E-state index in [-0.39, 0.29) is 0 Å². The van der Waals surface area contributed by atoms with Crippen molar-refractivity contribution in [1.29, 1.82) is 0 Å². The molecule has 0 heterocycles. The van der Waals surface area contributed by atoms with Crippen molar-refractivity contribution >= 4 is 28.3 Å². The van der Waals surface area contributed by atoms with Crippen molar-refractivity contribution in [2.24, 2.45) is 0 Å². The lowest BCUT2D eigenvalue weighted by atomic mass is 10.0. The maximum atomic E-state index is 12.2. The van der Waals surface area contributed by atoms with Crippen LogP contribution in [0, 0.1) is 0 Å². The second-order valence-corrected chi connectivity index (χ2v) is 4.94. The number of amides is 1. The molecular weight excluding hydrogens is 268 g/mol. The highest BCUT2D eigenvalue weighted by Gasteiger charge is 2.21. The fourth-order valence-corrected chi connectivity index (χ4v) is 2.24. The van der Waals surface area contributed by atoms with Gasteiger partial charge in [0.1, 0.15) is 6.04 Å². The first-order valence-corrected chi connectivity index (χ1v) is 6.85. The summed E-state index contributed by atoms with van der Waals surface area (Å²) in [6.45, 7) is 1.87. The summed E-state index contributed by atoms with van der Waals surface area (Å²) in [4.78, 5) is 23.4. The summed E-state index contributed by atoms with van der Waals surface area (Å²) in [6.07, 6.45) is 1.05. The molecule has 0 aliphatic heterocycles. The number of anilines is 1. The summed E-state index contributed by atoms with van der Waals surface area (Å²) in [5.41, 5.74) is 6.55. The Morgan fingerprint density at radius 1 is 1.24 bits per heavy atom. The quantitative estimate of drug-likeness (QED) is 0.736. The third kappa shape index (κ3) is 3.31. The van der Waals surface area contributed by atoms with Gasteiger partial charge in [-0.3, -0.25) is 4.79 Å². The predicted octanol–water partition coefficient (Wildman–Crippen LogP) is 2.41. The first-order valence-electron chi connectivity index (χ1n) is 6.85. The molecule has 1 amide bonds. The van der Waals surface area contributed by atoms with Crippen molar-refractivity contribution in [3.63, 3.8) is 0 Å². The monoisotopic (exact) mass is 286 g/mol. The predicted molar refractivity (Wildman–Crippen MR) is 82.2 cm³/mol. The highest BCUT2D eigenvalue weighted by atomic mass is 16.4. The number of nitrogens with two attached hydrogens (primary N) is 1. The maximum Gasteiger partial charge on any atom is 0.326 e. The smallest absolute Gasteiger partial charge is 0.326 e. The Kier molecular flexibility index (Phi) is 4.42. The highest BCUT2D eigenvalue weighted by molar-refractivity contribution is 6.05. The van der Waals surface area contributed by atoms with Crippen LogP contribution in [0.3, 0.4) is 0 Å². The first kappa shape index (κ1) is 14.8. The van der Waals surface area contributed by atoms with Crippen molar-refractivity contribution in [3.8, 4) is 0 Å². The zero-order valence-corrected chi connectivity index (χ0v) is 11.8. The molecule has 0 aromatic heterocycles. The molecule has 5 heteroatoms. The molecule has 4 N–H and O–H groups in total. The maximum absolute atomic E-state index is 12.2. The molecule has 0 fully saturated rings. The molecule has 0 saturated carbocycles. The van der Waals surface area contributed by atoms with Crippen LogP contribution in [0.25, 0.3) is 10.8 Å². The van der Waals surface area contributed by atoms with Gasteiger partial charge in [-0.1, -0.05) is 37.6 Å². The Hall–Kier alpha value is -2.56. The van der Waals surface area contributed by atoms with Crippen LogP contribution in [0.1, 0.15) is 30.1 Å². The molecule has 21 heavy (non-hydrogen) atoms. The van der Waals surface area contributed by atoms with Gasteiger partial charge in [-0.25, -0.2) is 4.79 Å². The zero-order valence-electron chi connectivity index (χ0n) is 11.8. The van der Waals surface area contributed by atoms with Crippen molar-refractivity contribution in [1.82, 2.24) is 5.32 Å². The molecule has 0 bridgehead atoms. The fourth-order valence-electron chi connectivity index (χ4n) is 2.24. The van der Waals surface area contributed by atoms with Gasteiger partial charge in [-0.2, -0.15) is 0 Å². The van der Waals surface area contributed by atoms with E-state index < -0.39 is 17.9 Å². The lowest BCUT2D eigenvalue weighted by Gasteiger charge is -2.15. The number of fused-ring (bicyclic) bond motifs is 1. The van der Waals surface area contributed by atoms with Crippen molar-refractivity contribution in [3.05, 3.63) is 42.0 Å². The van der Waals surface area contributed by atoms with E-state index in [4.69, 9.17) is 10.8 Å². The largest absolute Gasteiger partial charge is 0.480 e. The van der Waals surface area contributed by atoms with Gasteiger partial charge in [0.05, 0.1) is 5.56 Å². The molecule has 2 aromatic rings. The number of nitrogens with one attached hydrogen (secondary N) is 1. The SMILES string of the molecule is CCC[C@H](NC(=O)c1cc2ccccc2cc1N)C(=O)O. The van der Waals surface area contributed by atoms with E-state index in [0.29, 0.717) is 24.1 Å². The molecule has 0 saturated heterocycles. The normalized spacial score (nSPS) is 12.0. The minimum absolute atomic E-state index is 0.302. The minimum Gasteiger partial charge on any atom is -0.480 e. The van der Waals surface area contributed by atoms with E-state index in [1.807, 2.05) is 31.2 Å². The van der Waals surface area contributed by atoms with Crippen molar-refractivity contribution < 1.29 is 14.7 Å². The summed E-state index contributed by atoms with van der Waals surface area (Å²) >= 11 is 0. The molecule has 5 nitrogen and oxygen atoms in total. The van der Waals surface area contributed by atoms with Crippen LogP contribution in [-0.2, 0) is 4.79 Å². The van der Waals surface area contributed by atoms with Crippen LogP contribution in [0.4, 0.5) is 5.69 Å². The Balaban J connectivity index is 2.30. The molecule has 0 unspecified atom stereocenters. The Bertz CT molecular complexity index is 682. The van der Waals surface area contributed by atoms with E-state index in [9.17, 15) is 9.59 Å². The van der Waals surface area contributed by atoms with E-state index >= 15 is 0 Å². The van der Waals surface area contributed by atoms with E-state index in [2.05, 4.69) is 5.32 Å². The number of carbonyl (C=O) groups is 2. The summed E-state index contributed by atoms with van der Waals surface area (Å²) in [6, 6.07) is 10.1. The van der Waals surface area contributed by atoms with Gasteiger partial charge in [0.15, 0.2) is 0 Å². The molecule has 0 aliphatic carbocycles. The number of benzene rings is 2. The van der Waals surface area contributed by atoms with E-state index in [0.717, 1.165) is 10.8 Å². The summed E-state index contributed by atoms with van der Waals surface area (Å²) in [5, 5.41) is 13.4. The van der Waals surface area contributed by atoms with Crippen LogP contribution < -0.4 is 11.1 Å². The molecule has 0 spiro atoms. The highest BCUT2D eigenvalue weighted by Crippen LogP contribution is 2.22. The lowest BCUT2D eigenvalue weighted by Crippen LogP contribution is -2.40. The molecule has 0 aliphatic rings. The third-order valence-electron chi connectivity index (χ3n) is 3.34. The Labute approximate surface area is 122 Å². The number of carboxylic acids is 1. The van der Waals surface area contributed by atoms with Crippen LogP contribution in [-0.4, -0.2) is 23.0 Å². The van der Waals surface area contributed by atoms with Crippen LogP contribution in [0.15, 0.2) is 36.4 Å². The summed E-state index contributed by atoms with van der Waals surface area (Å²) < 4.78 is 0. The second kappa shape index (κ2) is 6.26. The fraction of sp³-hybridized carbons (Fsp3) is 0.250. The van der Waals surface area contributed by atoms with Gasteiger partial charge in [0.25, 0.3) is 5.91 Å². The molecule has 1 atom stereocenters. The topological polar surface area (TPSA) is 92.4 Å². The van der Waals surface area contributed by atoms with Gasteiger partial charge < -0.3 is 16.2 Å². The number of aliphatic carboxylic acids is 1. The molecular formula is C16H18N2O3. The number of nitrogen functional groups attached to an aromatic ring is 1. The molecule has 2 rings (SSSR count). The lowest BCUT2D eigenvalue weighted by molar-refractivity contribution is -0.139. The Morgan fingerprint density at radius 2 is 1.86 bits per heavy atom. The van der Waals surface area contributed by atoms with E-state index in [1.54, 1.807) is 12.1 Å². The van der Waals surface area contributed by atoms with Crippen molar-refractivity contribution in [2.45, 2.75) is 25.8 Å². The van der Waals surface area contributed by atoms with Crippen molar-refractivity contribution in [2.75, 3.05) is 5.73 Å². The first-order chi connectivity index (χ1) is 10.0. The van der Waals surface area contributed by atoms with Crippen LogP contribution in [0.2, 0.25) is 0 Å². The van der Waals surface area contributed by atoms with E-state index in [1.165, 1.54) is 0 Å². The number of hydrogen-bond acceptors (Lipinski definition) is 3. The van der Waals surface area contributed by atoms with Gasteiger partial charge in [-0.15, -0.1) is 0 Å². The minimum atomic E-state index is -1.04. The molecule has 2 aromatic carbocycles. The standard InChI is InChI=1S/C16H18N2O3/c1-2-5-14(16(20)21)18-15(19)12-8-10-6-3-4-7-11(10)9-13(12)17/h3-4,6-9,14H,2,5,17H2,1H3,(H,18,19)(H,20,21)/t14-/m0/s1. The number of hydrogen-bond donors (Lipinski definition) is 3. The average Bonchev–Trinajstić information content (AvgIpc) is 2.45. The number of carbonyl (C=O) groups excluding carboxylic acids is 1. The third-order valence-corrected chi connectivity index (χ3v) is 3.34. The number of carboxylic acid groups (broad SMARTS) is 1. The van der Waals surface area contributed by atoms with Crippen LogP contribution in [0.5, 0.6) is 0 Å². The van der Waals surface area contributed by atoms with Gasteiger partial charge in [-0.05, 0) is 29.3 Å².